The second-order valence-corrected chi connectivity index (χ2v) is 7.60. The molecule has 0 unspecified atom stereocenters. The zero-order chi connectivity index (χ0) is 20.5. The molecule has 152 valence electrons. The van der Waals surface area contributed by atoms with Gasteiger partial charge >= 0.3 is 0 Å². The fourth-order valence-electron chi connectivity index (χ4n) is 2.51. The molecule has 1 saturated heterocycles. The van der Waals surface area contributed by atoms with Gasteiger partial charge in [-0.1, -0.05) is 48.2 Å². The number of hydrogen-bond acceptors (Lipinski definition) is 7. The SMILES string of the molecule is COc1cc(C=C2SC(=S)NC2=O)ccc1OCCOCCOc1ccccc1. The molecule has 29 heavy (non-hydrogen) atoms. The molecule has 3 rings (SSSR count). The lowest BCUT2D eigenvalue weighted by Gasteiger charge is -2.12. The van der Waals surface area contributed by atoms with Crippen LogP contribution in [-0.4, -0.2) is 43.8 Å². The van der Waals surface area contributed by atoms with E-state index >= 15 is 0 Å². The summed E-state index contributed by atoms with van der Waals surface area (Å²) in [5.41, 5.74) is 0.825. The number of amides is 1. The third-order valence-corrected chi connectivity index (χ3v) is 5.02. The maximum absolute atomic E-state index is 11.8. The summed E-state index contributed by atoms with van der Waals surface area (Å²) < 4.78 is 22.7. The van der Waals surface area contributed by atoms with Gasteiger partial charge in [-0.25, -0.2) is 0 Å². The highest BCUT2D eigenvalue weighted by Gasteiger charge is 2.22. The van der Waals surface area contributed by atoms with E-state index in [2.05, 4.69) is 5.32 Å². The largest absolute Gasteiger partial charge is 0.493 e. The van der Waals surface area contributed by atoms with Crippen LogP contribution >= 0.6 is 24.0 Å². The number of benzene rings is 2. The van der Waals surface area contributed by atoms with E-state index in [1.54, 1.807) is 19.3 Å². The van der Waals surface area contributed by atoms with Gasteiger partial charge in [0.25, 0.3) is 5.91 Å². The van der Waals surface area contributed by atoms with Gasteiger partial charge in [0, 0.05) is 0 Å². The van der Waals surface area contributed by atoms with Crippen LogP contribution in [-0.2, 0) is 9.53 Å². The molecule has 2 aromatic carbocycles. The van der Waals surface area contributed by atoms with Crippen LogP contribution in [0.1, 0.15) is 5.56 Å². The van der Waals surface area contributed by atoms with Crippen molar-refractivity contribution in [3.8, 4) is 17.2 Å². The van der Waals surface area contributed by atoms with Gasteiger partial charge in [-0.3, -0.25) is 4.79 Å². The first-order valence-corrected chi connectivity index (χ1v) is 10.2. The summed E-state index contributed by atoms with van der Waals surface area (Å²) in [6.07, 6.45) is 1.77. The maximum Gasteiger partial charge on any atom is 0.263 e. The molecule has 0 aromatic heterocycles. The minimum atomic E-state index is -0.187. The second-order valence-electron chi connectivity index (χ2n) is 5.88. The van der Waals surface area contributed by atoms with Crippen LogP contribution in [0.4, 0.5) is 0 Å². The molecular formula is C21H21NO5S2. The number of carbonyl (C=O) groups excluding carboxylic acids is 1. The van der Waals surface area contributed by atoms with Gasteiger partial charge in [0.15, 0.2) is 11.5 Å². The Labute approximate surface area is 179 Å². The van der Waals surface area contributed by atoms with Crippen molar-refractivity contribution in [3.63, 3.8) is 0 Å². The van der Waals surface area contributed by atoms with Crippen molar-refractivity contribution in [2.45, 2.75) is 0 Å². The first kappa shape index (κ1) is 21.2. The number of ether oxygens (including phenoxy) is 4. The molecule has 1 aliphatic rings. The monoisotopic (exact) mass is 431 g/mol. The quantitative estimate of drug-likeness (QED) is 0.350. The number of hydrogen-bond donors (Lipinski definition) is 1. The lowest BCUT2D eigenvalue weighted by atomic mass is 10.2. The first-order valence-electron chi connectivity index (χ1n) is 8.97. The summed E-state index contributed by atoms with van der Waals surface area (Å²) >= 11 is 6.24. The number of para-hydroxylation sites is 1. The van der Waals surface area contributed by atoms with Gasteiger partial charge in [0.1, 0.15) is 23.3 Å². The van der Waals surface area contributed by atoms with Crippen LogP contribution in [0.5, 0.6) is 17.2 Å². The molecule has 1 fully saturated rings. The van der Waals surface area contributed by atoms with E-state index in [0.29, 0.717) is 47.2 Å². The van der Waals surface area contributed by atoms with Crippen molar-refractivity contribution in [3.05, 3.63) is 59.0 Å². The molecule has 0 radical (unpaired) electrons. The summed E-state index contributed by atoms with van der Waals surface area (Å²) in [6.45, 7) is 1.77. The zero-order valence-corrected chi connectivity index (χ0v) is 17.5. The second kappa shape index (κ2) is 10.8. The molecule has 8 heteroatoms. The number of thioether (sulfide) groups is 1. The normalized spacial score (nSPS) is 14.7. The Balaban J connectivity index is 1.43. The molecule has 1 N–H and O–H groups in total. The number of thiocarbonyl (C=S) groups is 1. The number of nitrogens with one attached hydrogen (secondary N) is 1. The molecular weight excluding hydrogens is 410 g/mol. The highest BCUT2D eigenvalue weighted by molar-refractivity contribution is 8.26. The van der Waals surface area contributed by atoms with E-state index in [0.717, 1.165) is 11.3 Å². The molecule has 0 atom stereocenters. The Morgan fingerprint density at radius 2 is 1.76 bits per heavy atom. The van der Waals surface area contributed by atoms with Crippen molar-refractivity contribution in [1.29, 1.82) is 0 Å². The molecule has 0 bridgehead atoms. The molecule has 0 spiro atoms. The minimum Gasteiger partial charge on any atom is -0.493 e. The average Bonchev–Trinajstić information content (AvgIpc) is 3.05. The molecule has 0 aliphatic carbocycles. The third-order valence-electron chi connectivity index (χ3n) is 3.85. The van der Waals surface area contributed by atoms with Gasteiger partial charge in [-0.05, 0) is 35.9 Å². The van der Waals surface area contributed by atoms with E-state index in [1.165, 1.54) is 11.8 Å². The van der Waals surface area contributed by atoms with Crippen LogP contribution in [0.3, 0.4) is 0 Å². The average molecular weight is 432 g/mol. The molecule has 0 saturated carbocycles. The Kier molecular flexibility index (Phi) is 7.92. The van der Waals surface area contributed by atoms with E-state index in [9.17, 15) is 4.79 Å². The Morgan fingerprint density at radius 3 is 2.45 bits per heavy atom. The van der Waals surface area contributed by atoms with Crippen LogP contribution in [0, 0.1) is 0 Å². The summed E-state index contributed by atoms with van der Waals surface area (Å²) in [5.74, 6) is 1.82. The van der Waals surface area contributed by atoms with Crippen LogP contribution < -0.4 is 19.5 Å². The third kappa shape index (κ3) is 6.49. The maximum atomic E-state index is 11.8. The molecule has 1 amide bonds. The predicted molar refractivity (Wildman–Crippen MR) is 118 cm³/mol. The minimum absolute atomic E-state index is 0.187. The fourth-order valence-corrected chi connectivity index (χ4v) is 3.56. The topological polar surface area (TPSA) is 66.0 Å². The van der Waals surface area contributed by atoms with Crippen LogP contribution in [0.15, 0.2) is 53.4 Å². The molecule has 2 aromatic rings. The Bertz CT molecular complexity index is 886. The van der Waals surface area contributed by atoms with E-state index in [4.69, 9.17) is 31.2 Å². The summed E-state index contributed by atoms with van der Waals surface area (Å²) in [5, 5.41) is 2.59. The van der Waals surface area contributed by atoms with Gasteiger partial charge < -0.3 is 24.3 Å². The summed E-state index contributed by atoms with van der Waals surface area (Å²) in [4.78, 5) is 12.3. The van der Waals surface area contributed by atoms with Crippen molar-refractivity contribution < 1.29 is 23.7 Å². The van der Waals surface area contributed by atoms with Gasteiger partial charge in [0.2, 0.25) is 0 Å². The van der Waals surface area contributed by atoms with Crippen molar-refractivity contribution in [2.75, 3.05) is 33.5 Å². The van der Waals surface area contributed by atoms with Crippen LogP contribution in [0.25, 0.3) is 6.08 Å². The van der Waals surface area contributed by atoms with E-state index in [1.807, 2.05) is 42.5 Å². The van der Waals surface area contributed by atoms with E-state index < -0.39 is 0 Å². The van der Waals surface area contributed by atoms with Gasteiger partial charge in [0.05, 0.1) is 25.2 Å². The Morgan fingerprint density at radius 1 is 1.00 bits per heavy atom. The fraction of sp³-hybridized carbons (Fsp3) is 0.238. The highest BCUT2D eigenvalue weighted by atomic mass is 32.2. The van der Waals surface area contributed by atoms with Crippen molar-refractivity contribution in [2.24, 2.45) is 0 Å². The van der Waals surface area contributed by atoms with E-state index in [-0.39, 0.29) is 5.91 Å². The standard InChI is InChI=1S/C21H21NO5S2/c1-24-18-13-15(14-19-20(23)22-21(28)29-19)7-8-17(18)27-12-10-25-9-11-26-16-5-3-2-4-6-16/h2-8,13-14H,9-12H2,1H3,(H,22,23,28). The molecule has 1 heterocycles. The summed E-state index contributed by atoms with van der Waals surface area (Å²) in [6, 6.07) is 15.1. The zero-order valence-electron chi connectivity index (χ0n) is 15.9. The Hall–Kier alpha value is -2.55. The number of rotatable bonds is 10. The lowest BCUT2D eigenvalue weighted by molar-refractivity contribution is -0.115. The molecule has 6 nitrogen and oxygen atoms in total. The van der Waals surface area contributed by atoms with Crippen molar-refractivity contribution in [1.82, 2.24) is 5.32 Å². The van der Waals surface area contributed by atoms with Crippen LogP contribution in [0.2, 0.25) is 0 Å². The van der Waals surface area contributed by atoms with Gasteiger partial charge in [-0.2, -0.15) is 0 Å². The van der Waals surface area contributed by atoms with Gasteiger partial charge in [-0.15, -0.1) is 0 Å². The number of carbonyl (C=O) groups is 1. The first-order chi connectivity index (χ1) is 14.2. The molecule has 1 aliphatic heterocycles. The number of methoxy groups -OCH3 is 1. The smallest absolute Gasteiger partial charge is 0.263 e. The predicted octanol–water partition coefficient (Wildman–Crippen LogP) is 3.66. The highest BCUT2D eigenvalue weighted by Crippen LogP contribution is 2.31. The summed E-state index contributed by atoms with van der Waals surface area (Å²) in [7, 11) is 1.57. The lowest BCUT2D eigenvalue weighted by Crippen LogP contribution is -2.17. The van der Waals surface area contributed by atoms with Crippen molar-refractivity contribution >= 4 is 40.3 Å².